The van der Waals surface area contributed by atoms with Gasteiger partial charge in [0.2, 0.25) is 11.8 Å². The SMILES string of the molecule is CC1(Oc2ccc3[nH]nc(C4=CC(N5CCN(CC6(F)CCN(CC7CCN(c8ccc9c(c8)CN(C8CCC(=O)NC8=O)C9=O)CC7)CC6)CC5)=NCN4)c3c2)CC1. The van der Waals surface area contributed by atoms with Gasteiger partial charge < -0.3 is 29.7 Å². The largest absolute Gasteiger partial charge is 0.488 e. The van der Waals surface area contributed by atoms with Crippen LogP contribution in [0.3, 0.4) is 0 Å². The highest BCUT2D eigenvalue weighted by Gasteiger charge is 2.42. The molecule has 1 saturated carbocycles. The Bertz CT molecular complexity index is 2190. The fraction of sp³-hybridized carbons (Fsp3) is 0.568. The number of likely N-dealkylation sites (tertiary alicyclic amines) is 1. The summed E-state index contributed by atoms with van der Waals surface area (Å²) in [6.45, 7) is 11.3. The minimum Gasteiger partial charge on any atom is -0.488 e. The number of benzene rings is 2. The van der Waals surface area contributed by atoms with E-state index < -0.39 is 11.7 Å². The minimum atomic E-state index is -1.16. The molecule has 312 valence electrons. The number of aliphatic imine (C=N–C) groups is 1. The lowest BCUT2D eigenvalue weighted by molar-refractivity contribution is -0.136. The molecule has 7 heterocycles. The van der Waals surface area contributed by atoms with Crippen LogP contribution in [0.1, 0.15) is 79.9 Å². The standard InChI is InChI=1S/C44H55FN10O4/c1-43(10-11-43)59-32-3-5-35-34(23-32)40(50-49-35)36-24-38(47-28-46-36)54-20-18-52(19-21-54)27-44(45)12-16-51(17-13-44)25-29-8-14-53(15-9-29)31-2-4-33-30(22-31)26-55(42(33)58)37-6-7-39(56)48-41(37)57/h2-5,22-24,29,37,46H,6-21,25-28H2,1H3,(H,49,50)(H,48,56,57). The van der Waals surface area contributed by atoms with Crippen LogP contribution in [-0.2, 0) is 16.1 Å². The van der Waals surface area contributed by atoms with Gasteiger partial charge in [-0.05, 0) is 99.7 Å². The number of amidine groups is 1. The van der Waals surface area contributed by atoms with Crippen molar-refractivity contribution in [3.05, 3.63) is 59.3 Å². The predicted molar refractivity (Wildman–Crippen MR) is 223 cm³/mol. The Morgan fingerprint density at radius 2 is 1.68 bits per heavy atom. The number of aromatic nitrogens is 2. The number of nitrogens with one attached hydrogen (secondary N) is 3. The Hall–Kier alpha value is -5.02. The van der Waals surface area contributed by atoms with Gasteiger partial charge in [-0.2, -0.15) is 5.10 Å². The zero-order valence-electron chi connectivity index (χ0n) is 34.0. The molecule has 10 rings (SSSR count). The Balaban J connectivity index is 0.667. The number of halogens is 1. The zero-order valence-corrected chi connectivity index (χ0v) is 34.0. The van der Waals surface area contributed by atoms with Crippen LogP contribution >= 0.6 is 0 Å². The maximum absolute atomic E-state index is 16.3. The normalized spacial score (nSPS) is 25.1. The maximum atomic E-state index is 16.3. The molecule has 59 heavy (non-hydrogen) atoms. The van der Waals surface area contributed by atoms with Crippen LogP contribution in [0.25, 0.3) is 16.6 Å². The second-order valence-electron chi connectivity index (χ2n) is 18.1. The first-order valence-corrected chi connectivity index (χ1v) is 21.7. The lowest BCUT2D eigenvalue weighted by Crippen LogP contribution is -2.55. The summed E-state index contributed by atoms with van der Waals surface area (Å²) >= 11 is 0. The number of alkyl halides is 1. The van der Waals surface area contributed by atoms with Gasteiger partial charge in [0, 0.05) is 101 Å². The number of amides is 3. The highest BCUT2D eigenvalue weighted by molar-refractivity contribution is 6.06. The number of nitrogens with zero attached hydrogens (tertiary/aromatic N) is 7. The third kappa shape index (κ3) is 7.90. The topological polar surface area (TPSA) is 142 Å². The van der Waals surface area contributed by atoms with Crippen molar-refractivity contribution in [3.8, 4) is 5.75 Å². The molecule has 6 aliphatic heterocycles. The Kier molecular flexibility index (Phi) is 9.85. The van der Waals surface area contributed by atoms with Crippen molar-refractivity contribution in [2.75, 3.05) is 77.0 Å². The third-order valence-electron chi connectivity index (χ3n) is 13.9. The lowest BCUT2D eigenvalue weighted by atomic mass is 9.90. The van der Waals surface area contributed by atoms with Crippen molar-refractivity contribution in [1.82, 2.24) is 40.4 Å². The number of carbonyl (C=O) groups excluding carboxylic acids is 3. The molecule has 1 atom stereocenters. The van der Waals surface area contributed by atoms with Gasteiger partial charge >= 0.3 is 0 Å². The molecule has 3 N–H and O–H groups in total. The first-order chi connectivity index (χ1) is 28.6. The van der Waals surface area contributed by atoms with E-state index in [1.165, 1.54) is 0 Å². The second-order valence-corrected chi connectivity index (χ2v) is 18.1. The molecule has 0 radical (unpaired) electrons. The number of hydrogen-bond acceptors (Lipinski definition) is 11. The monoisotopic (exact) mass is 806 g/mol. The third-order valence-corrected chi connectivity index (χ3v) is 13.9. The molecular weight excluding hydrogens is 752 g/mol. The van der Waals surface area contributed by atoms with E-state index in [0.29, 0.717) is 50.5 Å². The van der Waals surface area contributed by atoms with Gasteiger partial charge in [0.25, 0.3) is 5.91 Å². The first kappa shape index (κ1) is 38.2. The Morgan fingerprint density at radius 3 is 2.44 bits per heavy atom. The summed E-state index contributed by atoms with van der Waals surface area (Å²) in [4.78, 5) is 53.1. The fourth-order valence-electron chi connectivity index (χ4n) is 9.93. The molecular formula is C44H55FN10O4. The van der Waals surface area contributed by atoms with Crippen LogP contribution in [0.2, 0.25) is 0 Å². The number of carbonyl (C=O) groups is 3. The van der Waals surface area contributed by atoms with Gasteiger partial charge in [-0.25, -0.2) is 9.38 Å². The van der Waals surface area contributed by atoms with Crippen molar-refractivity contribution in [2.24, 2.45) is 10.9 Å². The van der Waals surface area contributed by atoms with Gasteiger partial charge in [0.15, 0.2) is 0 Å². The number of piperidine rings is 3. The Labute approximate surface area is 344 Å². The molecule has 14 nitrogen and oxygen atoms in total. The molecule has 1 unspecified atom stereocenters. The molecule has 15 heteroatoms. The molecule has 4 saturated heterocycles. The van der Waals surface area contributed by atoms with Crippen LogP contribution in [0.15, 0.2) is 47.5 Å². The molecule has 1 aliphatic carbocycles. The number of fused-ring (bicyclic) bond motifs is 2. The molecule has 3 aromatic rings. The van der Waals surface area contributed by atoms with Gasteiger partial charge in [0.1, 0.15) is 41.3 Å². The van der Waals surface area contributed by atoms with E-state index >= 15 is 4.39 Å². The number of hydrogen-bond donors (Lipinski definition) is 3. The summed E-state index contributed by atoms with van der Waals surface area (Å²) in [6.07, 6.45) is 8.17. The van der Waals surface area contributed by atoms with Crippen LogP contribution in [0.4, 0.5) is 10.1 Å². The summed E-state index contributed by atoms with van der Waals surface area (Å²) in [6, 6.07) is 11.5. The molecule has 3 amide bonds. The molecule has 5 fully saturated rings. The van der Waals surface area contributed by atoms with Crippen LogP contribution in [0, 0.1) is 5.92 Å². The highest BCUT2D eigenvalue weighted by Crippen LogP contribution is 2.40. The van der Waals surface area contributed by atoms with E-state index in [0.717, 1.165) is 130 Å². The summed E-state index contributed by atoms with van der Waals surface area (Å²) in [5.41, 5.74) is 4.26. The van der Waals surface area contributed by atoms with Crippen molar-refractivity contribution >= 4 is 45.8 Å². The van der Waals surface area contributed by atoms with E-state index in [1.807, 2.05) is 24.3 Å². The highest BCUT2D eigenvalue weighted by atomic mass is 19.1. The summed E-state index contributed by atoms with van der Waals surface area (Å²) in [5.74, 6) is 1.59. The fourth-order valence-corrected chi connectivity index (χ4v) is 9.93. The first-order valence-electron chi connectivity index (χ1n) is 21.7. The number of aromatic amines is 1. The average molecular weight is 807 g/mol. The predicted octanol–water partition coefficient (Wildman–Crippen LogP) is 3.89. The average Bonchev–Trinajstić information content (AvgIpc) is 3.66. The summed E-state index contributed by atoms with van der Waals surface area (Å²) in [5, 5.41) is 14.6. The maximum Gasteiger partial charge on any atom is 0.255 e. The van der Waals surface area contributed by atoms with Crippen LogP contribution < -0.4 is 20.3 Å². The number of imide groups is 1. The van der Waals surface area contributed by atoms with Gasteiger partial charge in [-0.1, -0.05) is 0 Å². The van der Waals surface area contributed by atoms with E-state index in [2.05, 4.69) is 65.6 Å². The zero-order chi connectivity index (χ0) is 40.3. The van der Waals surface area contributed by atoms with Crippen molar-refractivity contribution in [1.29, 1.82) is 0 Å². The molecule has 2 aromatic carbocycles. The molecule has 7 aliphatic rings. The summed E-state index contributed by atoms with van der Waals surface area (Å²) in [7, 11) is 0. The number of anilines is 1. The number of piperazine rings is 1. The van der Waals surface area contributed by atoms with Crippen molar-refractivity contribution in [3.63, 3.8) is 0 Å². The van der Waals surface area contributed by atoms with Crippen molar-refractivity contribution < 1.29 is 23.5 Å². The van der Waals surface area contributed by atoms with Crippen LogP contribution in [0.5, 0.6) is 5.75 Å². The van der Waals surface area contributed by atoms with E-state index in [-0.39, 0.29) is 29.7 Å². The molecule has 0 spiro atoms. The Morgan fingerprint density at radius 1 is 0.881 bits per heavy atom. The van der Waals surface area contributed by atoms with Gasteiger partial charge in [0.05, 0.1) is 11.2 Å². The summed E-state index contributed by atoms with van der Waals surface area (Å²) < 4.78 is 22.6. The van der Waals surface area contributed by atoms with Gasteiger partial charge in [-0.15, -0.1) is 0 Å². The van der Waals surface area contributed by atoms with Gasteiger partial charge in [-0.3, -0.25) is 29.7 Å². The molecule has 0 bridgehead atoms. The number of ether oxygens (including phenoxy) is 1. The smallest absolute Gasteiger partial charge is 0.255 e. The number of rotatable bonds is 9. The second kappa shape index (κ2) is 15.2. The molecule has 1 aromatic heterocycles. The number of H-pyrrole nitrogens is 1. The quantitative estimate of drug-likeness (QED) is 0.273. The van der Waals surface area contributed by atoms with Crippen molar-refractivity contribution in [2.45, 2.75) is 82.1 Å². The lowest BCUT2D eigenvalue weighted by Gasteiger charge is -2.43. The minimum absolute atomic E-state index is 0.0474. The van der Waals surface area contributed by atoms with Crippen LogP contribution in [-0.4, -0.2) is 143 Å². The van der Waals surface area contributed by atoms with E-state index in [9.17, 15) is 14.4 Å². The van der Waals surface area contributed by atoms with E-state index in [1.54, 1.807) is 4.90 Å². The van der Waals surface area contributed by atoms with E-state index in [4.69, 9.17) is 9.73 Å².